The second kappa shape index (κ2) is 8.57. The minimum absolute atomic E-state index is 0.144. The molecule has 158 valence electrons. The van der Waals surface area contributed by atoms with Crippen molar-refractivity contribution in [2.45, 2.75) is 52.3 Å². The number of aliphatic hydroxyl groups excluding tert-OH is 1. The lowest BCUT2D eigenvalue weighted by Crippen LogP contribution is -2.14. The molecule has 2 aromatic carbocycles. The molecule has 0 radical (unpaired) electrons. The number of esters is 1. The Kier molecular flexibility index (Phi) is 6.78. The van der Waals surface area contributed by atoms with Crippen LogP contribution in [-0.4, -0.2) is 18.2 Å². The first-order valence-electron chi connectivity index (χ1n) is 9.41. The molecule has 0 aliphatic carbocycles. The number of alkyl halides is 3. The molecule has 0 aliphatic heterocycles. The minimum atomic E-state index is -4.42. The van der Waals surface area contributed by atoms with Crippen LogP contribution in [-0.2, 0) is 15.7 Å². The van der Waals surface area contributed by atoms with Gasteiger partial charge in [0, 0.05) is 0 Å². The predicted molar refractivity (Wildman–Crippen MR) is 106 cm³/mol. The average Bonchev–Trinajstić information content (AvgIpc) is 2.64. The molecule has 1 N–H and O–H groups in total. The zero-order valence-corrected chi connectivity index (χ0v) is 17.3. The number of carbonyl (C=O) groups excluding carboxylic acids is 1. The Bertz CT molecular complexity index is 849. The van der Waals surface area contributed by atoms with Gasteiger partial charge in [-0.25, -0.2) is 0 Å². The Morgan fingerprint density at radius 1 is 1.07 bits per heavy atom. The number of hydrogen-bond acceptors (Lipinski definition) is 3. The fourth-order valence-corrected chi connectivity index (χ4v) is 3.23. The third kappa shape index (κ3) is 5.82. The van der Waals surface area contributed by atoms with E-state index in [1.54, 1.807) is 25.1 Å². The summed E-state index contributed by atoms with van der Waals surface area (Å²) >= 11 is 0. The summed E-state index contributed by atoms with van der Waals surface area (Å²) in [6.07, 6.45) is -4.74. The topological polar surface area (TPSA) is 46.5 Å². The van der Waals surface area contributed by atoms with Crippen LogP contribution in [0, 0.1) is 5.41 Å². The van der Waals surface area contributed by atoms with Gasteiger partial charge in [0.25, 0.3) is 0 Å². The molecule has 2 rings (SSSR count). The molecular formula is C23H27F3O3. The molecule has 2 aromatic rings. The van der Waals surface area contributed by atoms with Crippen molar-refractivity contribution in [1.29, 1.82) is 0 Å². The Morgan fingerprint density at radius 2 is 1.66 bits per heavy atom. The van der Waals surface area contributed by atoms with Crippen molar-refractivity contribution < 1.29 is 27.8 Å². The van der Waals surface area contributed by atoms with E-state index < -0.39 is 29.7 Å². The fraction of sp³-hybridized carbons (Fsp3) is 0.435. The van der Waals surface area contributed by atoms with Gasteiger partial charge in [-0.2, -0.15) is 13.2 Å². The highest BCUT2D eigenvalue weighted by atomic mass is 19.4. The molecule has 3 nitrogen and oxygen atoms in total. The summed E-state index contributed by atoms with van der Waals surface area (Å²) in [6.45, 7) is 7.70. The number of halogens is 3. The summed E-state index contributed by atoms with van der Waals surface area (Å²) in [5.74, 6) is -0.951. The number of hydrogen-bond donors (Lipinski definition) is 1. The summed E-state index contributed by atoms with van der Waals surface area (Å²) in [4.78, 5) is 11.9. The van der Waals surface area contributed by atoms with Gasteiger partial charge in [-0.1, -0.05) is 45.0 Å². The van der Waals surface area contributed by atoms with Gasteiger partial charge in [0.1, 0.15) is 0 Å². The molecule has 0 aromatic heterocycles. The number of aliphatic hydroxyl groups is 1. The molecule has 6 heteroatoms. The first kappa shape index (κ1) is 22.9. The Labute approximate surface area is 169 Å². The van der Waals surface area contributed by atoms with E-state index in [0.717, 1.165) is 12.1 Å². The molecular weight excluding hydrogens is 381 g/mol. The molecule has 0 saturated carbocycles. The van der Waals surface area contributed by atoms with Gasteiger partial charge in [-0.3, -0.25) is 4.79 Å². The lowest BCUT2D eigenvalue weighted by Gasteiger charge is -2.25. The maximum Gasteiger partial charge on any atom is 0.416 e. The summed E-state index contributed by atoms with van der Waals surface area (Å²) in [6, 6.07) is 10.0. The smallest absolute Gasteiger partial charge is 0.416 e. The summed E-state index contributed by atoms with van der Waals surface area (Å²) in [5.41, 5.74) is 1.54. The van der Waals surface area contributed by atoms with Gasteiger partial charge in [0.05, 0.1) is 24.7 Å². The third-order valence-corrected chi connectivity index (χ3v) is 4.82. The Morgan fingerprint density at radius 3 is 2.14 bits per heavy atom. The fourth-order valence-electron chi connectivity index (χ4n) is 3.23. The van der Waals surface area contributed by atoms with Crippen LogP contribution in [0.2, 0.25) is 0 Å². The van der Waals surface area contributed by atoms with E-state index in [9.17, 15) is 23.1 Å². The van der Waals surface area contributed by atoms with Gasteiger partial charge in [0.2, 0.25) is 0 Å². The standard InChI is InChI=1S/C23H27F3O3/c1-14(21(28)29-5)16-8-11-18(20(27)13-22(2,3)4)19(12-16)15-6-9-17(10-7-15)23(24,25)26/h6-12,14,20,27H,13H2,1-5H3/t14-,20-/m1/s1. The van der Waals surface area contributed by atoms with Crippen LogP contribution in [0.1, 0.15) is 62.8 Å². The van der Waals surface area contributed by atoms with Crippen LogP contribution in [0.15, 0.2) is 42.5 Å². The molecule has 0 unspecified atom stereocenters. The lowest BCUT2D eigenvalue weighted by molar-refractivity contribution is -0.142. The summed E-state index contributed by atoms with van der Waals surface area (Å²) < 4.78 is 43.6. The van der Waals surface area contributed by atoms with Crippen molar-refractivity contribution in [3.8, 4) is 11.1 Å². The van der Waals surface area contributed by atoms with Gasteiger partial charge < -0.3 is 9.84 Å². The van der Waals surface area contributed by atoms with Crippen molar-refractivity contribution in [3.05, 3.63) is 59.2 Å². The van der Waals surface area contributed by atoms with Crippen LogP contribution in [0.5, 0.6) is 0 Å². The zero-order valence-electron chi connectivity index (χ0n) is 17.3. The number of methoxy groups -OCH3 is 1. The van der Waals surface area contributed by atoms with Crippen molar-refractivity contribution >= 4 is 5.97 Å². The lowest BCUT2D eigenvalue weighted by atomic mass is 9.83. The number of benzene rings is 2. The predicted octanol–water partition coefficient (Wildman–Crippen LogP) is 6.12. The number of rotatable bonds is 5. The monoisotopic (exact) mass is 408 g/mol. The zero-order chi connectivity index (χ0) is 22.0. The normalized spacial score (nSPS) is 14.4. The van der Waals surface area contributed by atoms with Gasteiger partial charge in [0.15, 0.2) is 0 Å². The highest BCUT2D eigenvalue weighted by Gasteiger charge is 2.30. The second-order valence-corrected chi connectivity index (χ2v) is 8.45. The van der Waals surface area contributed by atoms with E-state index in [2.05, 4.69) is 0 Å². The SMILES string of the molecule is COC(=O)[C@H](C)c1ccc([C@H](O)CC(C)(C)C)c(-c2ccc(C(F)(F)F)cc2)c1. The molecule has 0 aliphatic rings. The van der Waals surface area contributed by atoms with Crippen molar-refractivity contribution in [3.63, 3.8) is 0 Å². The van der Waals surface area contributed by atoms with E-state index in [1.807, 2.05) is 20.8 Å². The highest BCUT2D eigenvalue weighted by Crippen LogP contribution is 2.38. The quantitative estimate of drug-likeness (QED) is 0.607. The van der Waals surface area contributed by atoms with Crippen LogP contribution in [0.3, 0.4) is 0 Å². The first-order valence-corrected chi connectivity index (χ1v) is 9.41. The van der Waals surface area contributed by atoms with Crippen LogP contribution in [0.25, 0.3) is 11.1 Å². The maximum absolute atomic E-state index is 12.9. The molecule has 29 heavy (non-hydrogen) atoms. The molecule has 0 bridgehead atoms. The van der Waals surface area contributed by atoms with Crippen LogP contribution >= 0.6 is 0 Å². The number of carbonyl (C=O) groups is 1. The summed E-state index contributed by atoms with van der Waals surface area (Å²) in [5, 5.41) is 10.8. The maximum atomic E-state index is 12.9. The van der Waals surface area contributed by atoms with Crippen molar-refractivity contribution in [2.75, 3.05) is 7.11 Å². The Hall–Kier alpha value is -2.34. The van der Waals surface area contributed by atoms with E-state index >= 15 is 0 Å². The number of ether oxygens (including phenoxy) is 1. The molecule has 0 spiro atoms. The van der Waals surface area contributed by atoms with Crippen molar-refractivity contribution in [2.24, 2.45) is 5.41 Å². The average molecular weight is 408 g/mol. The first-order chi connectivity index (χ1) is 13.3. The van der Waals surface area contributed by atoms with Crippen molar-refractivity contribution in [1.82, 2.24) is 0 Å². The molecule has 0 fully saturated rings. The van der Waals surface area contributed by atoms with E-state index in [-0.39, 0.29) is 5.41 Å². The second-order valence-electron chi connectivity index (χ2n) is 8.45. The molecule has 2 atom stereocenters. The van der Waals surface area contributed by atoms with Crippen LogP contribution < -0.4 is 0 Å². The largest absolute Gasteiger partial charge is 0.469 e. The summed E-state index contributed by atoms with van der Waals surface area (Å²) in [7, 11) is 1.30. The molecule has 0 heterocycles. The molecule has 0 amide bonds. The minimum Gasteiger partial charge on any atom is -0.469 e. The van der Waals surface area contributed by atoms with Gasteiger partial charge >= 0.3 is 12.1 Å². The molecule has 0 saturated heterocycles. The van der Waals surface area contributed by atoms with E-state index in [4.69, 9.17) is 4.74 Å². The van der Waals surface area contributed by atoms with E-state index in [1.165, 1.54) is 19.2 Å². The highest BCUT2D eigenvalue weighted by molar-refractivity contribution is 5.79. The van der Waals surface area contributed by atoms with E-state index in [0.29, 0.717) is 28.7 Å². The Balaban J connectivity index is 2.56. The third-order valence-electron chi connectivity index (χ3n) is 4.82. The van der Waals surface area contributed by atoms with Gasteiger partial charge in [-0.15, -0.1) is 0 Å². The van der Waals surface area contributed by atoms with Gasteiger partial charge in [-0.05, 0) is 59.2 Å². The van der Waals surface area contributed by atoms with Crippen LogP contribution in [0.4, 0.5) is 13.2 Å².